The molecule has 2 saturated carbocycles. The van der Waals surface area contributed by atoms with E-state index in [1.165, 1.54) is 12.8 Å². The van der Waals surface area contributed by atoms with Gasteiger partial charge in [0.1, 0.15) is 0 Å². The Labute approximate surface area is 131 Å². The molecule has 114 valence electrons. The lowest BCUT2D eigenvalue weighted by molar-refractivity contribution is -0.122. The third-order valence-corrected chi connectivity index (χ3v) is 4.86. The van der Waals surface area contributed by atoms with Crippen LogP contribution in [0.25, 0.3) is 0 Å². The smallest absolute Gasteiger partial charge is 0.234 e. The molecule has 1 aromatic rings. The summed E-state index contributed by atoms with van der Waals surface area (Å²) >= 11 is 6.12. The maximum atomic E-state index is 12.3. The van der Waals surface area contributed by atoms with Crippen molar-refractivity contribution in [2.45, 2.75) is 44.1 Å². The molecule has 0 aromatic heterocycles. The van der Waals surface area contributed by atoms with Crippen LogP contribution in [-0.2, 0) is 10.3 Å². The number of carbonyl (C=O) groups is 1. The van der Waals surface area contributed by atoms with Crippen LogP contribution in [0.4, 0.5) is 0 Å². The number of benzene rings is 1. The highest BCUT2D eigenvalue weighted by Crippen LogP contribution is 2.39. The average molecular weight is 307 g/mol. The first-order valence-corrected chi connectivity index (χ1v) is 8.33. The van der Waals surface area contributed by atoms with Gasteiger partial charge < -0.3 is 10.6 Å². The second kappa shape index (κ2) is 6.37. The Morgan fingerprint density at radius 3 is 2.71 bits per heavy atom. The normalized spacial score (nSPS) is 20.4. The van der Waals surface area contributed by atoms with Crippen molar-refractivity contribution in [1.82, 2.24) is 10.6 Å². The second-order valence-corrected chi connectivity index (χ2v) is 6.86. The fourth-order valence-electron chi connectivity index (χ4n) is 3.27. The Bertz CT molecular complexity index is 507. The summed E-state index contributed by atoms with van der Waals surface area (Å²) in [4.78, 5) is 12.3. The molecule has 0 atom stereocenters. The molecule has 1 amide bonds. The van der Waals surface area contributed by atoms with Crippen LogP contribution >= 0.6 is 11.6 Å². The fraction of sp³-hybridized carbons (Fsp3) is 0.588. The van der Waals surface area contributed by atoms with E-state index in [-0.39, 0.29) is 11.4 Å². The quantitative estimate of drug-likeness (QED) is 0.847. The minimum Gasteiger partial charge on any atom is -0.345 e. The van der Waals surface area contributed by atoms with Gasteiger partial charge in [-0.1, -0.05) is 36.6 Å². The van der Waals surface area contributed by atoms with E-state index in [0.29, 0.717) is 6.54 Å². The minimum atomic E-state index is -0.219. The van der Waals surface area contributed by atoms with Gasteiger partial charge in [0.15, 0.2) is 0 Å². The van der Waals surface area contributed by atoms with Gasteiger partial charge in [0.05, 0.1) is 12.1 Å². The van der Waals surface area contributed by atoms with Gasteiger partial charge in [0.25, 0.3) is 0 Å². The number of hydrogen-bond acceptors (Lipinski definition) is 2. The monoisotopic (exact) mass is 306 g/mol. The highest BCUT2D eigenvalue weighted by Gasteiger charge is 2.37. The first-order valence-electron chi connectivity index (χ1n) is 7.96. The van der Waals surface area contributed by atoms with Crippen LogP contribution in [0, 0.1) is 5.92 Å². The fourth-order valence-corrected chi connectivity index (χ4v) is 3.46. The summed E-state index contributed by atoms with van der Waals surface area (Å²) in [5, 5.41) is 7.27. The van der Waals surface area contributed by atoms with Crippen molar-refractivity contribution in [2.24, 2.45) is 5.92 Å². The molecule has 1 aromatic carbocycles. The van der Waals surface area contributed by atoms with Gasteiger partial charge >= 0.3 is 0 Å². The van der Waals surface area contributed by atoms with E-state index in [2.05, 4.69) is 16.7 Å². The van der Waals surface area contributed by atoms with Crippen molar-refractivity contribution in [3.05, 3.63) is 34.9 Å². The van der Waals surface area contributed by atoms with E-state index >= 15 is 0 Å². The lowest BCUT2D eigenvalue weighted by Crippen LogP contribution is -2.47. The number of nitrogens with one attached hydrogen (secondary N) is 2. The predicted molar refractivity (Wildman–Crippen MR) is 85.3 cm³/mol. The molecule has 2 N–H and O–H groups in total. The Morgan fingerprint density at radius 1 is 1.29 bits per heavy atom. The molecule has 0 radical (unpaired) electrons. The van der Waals surface area contributed by atoms with Crippen molar-refractivity contribution in [3.8, 4) is 0 Å². The number of carbonyl (C=O) groups excluding carboxylic acids is 1. The van der Waals surface area contributed by atoms with Gasteiger partial charge in [-0.15, -0.1) is 0 Å². The molecule has 0 heterocycles. The Hall–Kier alpha value is -1.06. The van der Waals surface area contributed by atoms with Crippen LogP contribution in [0.2, 0.25) is 5.02 Å². The predicted octanol–water partition coefficient (Wildman–Crippen LogP) is 3.23. The summed E-state index contributed by atoms with van der Waals surface area (Å²) in [5.41, 5.74) is 0.923. The summed E-state index contributed by atoms with van der Waals surface area (Å²) in [5.74, 6) is 0.892. The molecule has 0 saturated heterocycles. The maximum Gasteiger partial charge on any atom is 0.234 e. The molecule has 2 aliphatic rings. The number of hydrogen-bond donors (Lipinski definition) is 2. The molecular weight excluding hydrogens is 284 g/mol. The van der Waals surface area contributed by atoms with Gasteiger partial charge in [0, 0.05) is 5.02 Å². The zero-order chi connectivity index (χ0) is 14.7. The number of rotatable bonds is 6. The van der Waals surface area contributed by atoms with Crippen molar-refractivity contribution in [2.75, 3.05) is 13.1 Å². The zero-order valence-corrected chi connectivity index (χ0v) is 13.1. The SMILES string of the molecule is O=C(CNCC1CC1)NC1(c2cccc(Cl)c2)CCCC1. The van der Waals surface area contributed by atoms with E-state index in [0.717, 1.165) is 48.7 Å². The summed E-state index contributed by atoms with van der Waals surface area (Å²) in [6.45, 7) is 1.39. The molecule has 3 rings (SSSR count). The standard InChI is InChI=1S/C17H23ClN2O/c18-15-5-3-4-14(10-15)17(8-1-2-9-17)20-16(21)12-19-11-13-6-7-13/h3-5,10,13,19H,1-2,6-9,11-12H2,(H,20,21). The molecule has 0 unspecified atom stereocenters. The van der Waals surface area contributed by atoms with Crippen molar-refractivity contribution in [1.29, 1.82) is 0 Å². The van der Waals surface area contributed by atoms with Gasteiger partial charge in [0.2, 0.25) is 5.91 Å². The summed E-state index contributed by atoms with van der Waals surface area (Å²) in [6.07, 6.45) is 6.93. The molecule has 2 fully saturated rings. The maximum absolute atomic E-state index is 12.3. The van der Waals surface area contributed by atoms with E-state index in [4.69, 9.17) is 11.6 Å². The molecule has 21 heavy (non-hydrogen) atoms. The first kappa shape index (κ1) is 14.9. The highest BCUT2D eigenvalue weighted by molar-refractivity contribution is 6.30. The number of halogens is 1. The van der Waals surface area contributed by atoms with Crippen LogP contribution < -0.4 is 10.6 Å². The van der Waals surface area contributed by atoms with Gasteiger partial charge in [-0.3, -0.25) is 4.79 Å². The largest absolute Gasteiger partial charge is 0.345 e. The molecule has 0 aliphatic heterocycles. The van der Waals surface area contributed by atoms with Crippen molar-refractivity contribution >= 4 is 17.5 Å². The summed E-state index contributed by atoms with van der Waals surface area (Å²) in [6, 6.07) is 7.92. The molecule has 4 heteroatoms. The molecule has 0 spiro atoms. The molecule has 0 bridgehead atoms. The van der Waals surface area contributed by atoms with Crippen LogP contribution in [0.15, 0.2) is 24.3 Å². The highest BCUT2D eigenvalue weighted by atomic mass is 35.5. The Balaban J connectivity index is 1.64. The Morgan fingerprint density at radius 2 is 2.05 bits per heavy atom. The molecular formula is C17H23ClN2O. The zero-order valence-electron chi connectivity index (χ0n) is 12.3. The van der Waals surface area contributed by atoms with E-state index in [9.17, 15) is 4.79 Å². The first-order chi connectivity index (χ1) is 10.2. The molecule has 3 nitrogen and oxygen atoms in total. The minimum absolute atomic E-state index is 0.0949. The lowest BCUT2D eigenvalue weighted by Gasteiger charge is -2.31. The number of amides is 1. The summed E-state index contributed by atoms with van der Waals surface area (Å²) < 4.78 is 0. The van der Waals surface area contributed by atoms with Gasteiger partial charge in [-0.25, -0.2) is 0 Å². The van der Waals surface area contributed by atoms with E-state index in [1.807, 2.05) is 18.2 Å². The van der Waals surface area contributed by atoms with Gasteiger partial charge in [-0.05, 0) is 55.8 Å². The third kappa shape index (κ3) is 3.78. The van der Waals surface area contributed by atoms with Gasteiger partial charge in [-0.2, -0.15) is 0 Å². The topological polar surface area (TPSA) is 41.1 Å². The van der Waals surface area contributed by atoms with Crippen LogP contribution in [-0.4, -0.2) is 19.0 Å². The van der Waals surface area contributed by atoms with Crippen molar-refractivity contribution in [3.63, 3.8) is 0 Å². The second-order valence-electron chi connectivity index (χ2n) is 6.42. The summed E-state index contributed by atoms with van der Waals surface area (Å²) in [7, 11) is 0. The third-order valence-electron chi connectivity index (χ3n) is 4.63. The average Bonchev–Trinajstić information content (AvgIpc) is 3.16. The van der Waals surface area contributed by atoms with E-state index in [1.54, 1.807) is 0 Å². The van der Waals surface area contributed by atoms with E-state index < -0.39 is 0 Å². The van der Waals surface area contributed by atoms with Crippen LogP contribution in [0.5, 0.6) is 0 Å². The molecule has 2 aliphatic carbocycles. The van der Waals surface area contributed by atoms with Crippen LogP contribution in [0.3, 0.4) is 0 Å². The van der Waals surface area contributed by atoms with Crippen LogP contribution in [0.1, 0.15) is 44.1 Å². The lowest BCUT2D eigenvalue weighted by atomic mass is 9.88. The Kier molecular flexibility index (Phi) is 4.51. The van der Waals surface area contributed by atoms with Crippen molar-refractivity contribution < 1.29 is 4.79 Å².